The van der Waals surface area contributed by atoms with Gasteiger partial charge in [0.25, 0.3) is 5.91 Å². The molecular formula is C16H12F3NO3. The Bertz CT molecular complexity index is 745. The molecule has 2 rings (SSSR count). The molecule has 0 spiro atoms. The topological polar surface area (TPSA) is 55.4 Å². The van der Waals surface area contributed by atoms with E-state index >= 15 is 0 Å². The molecule has 0 bridgehead atoms. The van der Waals surface area contributed by atoms with Gasteiger partial charge in [-0.25, -0.2) is 18.0 Å². The average Bonchev–Trinajstić information content (AvgIpc) is 2.57. The minimum Gasteiger partial charge on any atom is -0.465 e. The lowest BCUT2D eigenvalue weighted by Crippen LogP contribution is -2.24. The fourth-order valence-corrected chi connectivity index (χ4v) is 1.86. The van der Waals surface area contributed by atoms with Gasteiger partial charge in [-0.3, -0.25) is 4.79 Å². The highest BCUT2D eigenvalue weighted by Crippen LogP contribution is 2.15. The Morgan fingerprint density at radius 1 is 1.00 bits per heavy atom. The predicted molar refractivity (Wildman–Crippen MR) is 75.3 cm³/mol. The van der Waals surface area contributed by atoms with E-state index in [1.165, 1.54) is 19.2 Å². The molecule has 2 aromatic rings. The monoisotopic (exact) mass is 323 g/mol. The van der Waals surface area contributed by atoms with Crippen molar-refractivity contribution in [2.45, 2.75) is 6.54 Å². The number of benzene rings is 2. The first-order valence-electron chi connectivity index (χ1n) is 6.53. The molecule has 2 aromatic carbocycles. The molecule has 0 fully saturated rings. The molecule has 4 nitrogen and oxygen atoms in total. The molecule has 120 valence electrons. The van der Waals surface area contributed by atoms with E-state index < -0.39 is 34.9 Å². The number of carbonyl (C=O) groups is 2. The second-order valence-corrected chi connectivity index (χ2v) is 4.59. The molecule has 0 aliphatic heterocycles. The number of rotatable bonds is 4. The lowest BCUT2D eigenvalue weighted by Gasteiger charge is -2.07. The maximum atomic E-state index is 13.5. The Balaban J connectivity index is 2.05. The van der Waals surface area contributed by atoms with Gasteiger partial charge in [-0.2, -0.15) is 0 Å². The predicted octanol–water partition coefficient (Wildman–Crippen LogP) is 2.82. The van der Waals surface area contributed by atoms with Gasteiger partial charge in [-0.05, 0) is 29.8 Å². The maximum Gasteiger partial charge on any atom is 0.337 e. The zero-order valence-electron chi connectivity index (χ0n) is 12.0. The summed E-state index contributed by atoms with van der Waals surface area (Å²) < 4.78 is 44.0. The first kappa shape index (κ1) is 16.5. The fraction of sp³-hybridized carbons (Fsp3) is 0.125. The third-order valence-corrected chi connectivity index (χ3v) is 3.11. The number of halogens is 3. The van der Waals surface area contributed by atoms with Crippen LogP contribution in [-0.4, -0.2) is 19.0 Å². The van der Waals surface area contributed by atoms with Crippen LogP contribution in [0.1, 0.15) is 26.3 Å². The third kappa shape index (κ3) is 3.68. The molecule has 1 N–H and O–H groups in total. The van der Waals surface area contributed by atoms with Gasteiger partial charge in [0.05, 0.1) is 18.2 Å². The highest BCUT2D eigenvalue weighted by molar-refractivity contribution is 5.94. The molecule has 1 amide bonds. The Hall–Kier alpha value is -2.83. The number of amides is 1. The lowest BCUT2D eigenvalue weighted by molar-refractivity contribution is 0.0600. The van der Waals surface area contributed by atoms with E-state index in [2.05, 4.69) is 10.1 Å². The van der Waals surface area contributed by atoms with Crippen molar-refractivity contribution in [1.29, 1.82) is 0 Å². The van der Waals surface area contributed by atoms with E-state index in [-0.39, 0.29) is 6.54 Å². The van der Waals surface area contributed by atoms with E-state index in [9.17, 15) is 22.8 Å². The number of methoxy groups -OCH3 is 1. The SMILES string of the molecule is COC(=O)c1ccc(CNC(=O)c2ccc(F)c(F)c2F)cc1. The lowest BCUT2D eigenvalue weighted by atomic mass is 10.1. The van der Waals surface area contributed by atoms with Crippen molar-refractivity contribution < 1.29 is 27.5 Å². The van der Waals surface area contributed by atoms with Crippen LogP contribution in [-0.2, 0) is 11.3 Å². The van der Waals surface area contributed by atoms with Gasteiger partial charge in [0.1, 0.15) is 0 Å². The van der Waals surface area contributed by atoms with E-state index in [1.807, 2.05) is 0 Å². The highest BCUT2D eigenvalue weighted by Gasteiger charge is 2.18. The van der Waals surface area contributed by atoms with Crippen molar-refractivity contribution >= 4 is 11.9 Å². The van der Waals surface area contributed by atoms with E-state index in [1.54, 1.807) is 12.1 Å². The molecule has 23 heavy (non-hydrogen) atoms. The molecule has 0 atom stereocenters. The van der Waals surface area contributed by atoms with Crippen LogP contribution in [0, 0.1) is 17.5 Å². The maximum absolute atomic E-state index is 13.5. The van der Waals surface area contributed by atoms with Gasteiger partial charge in [0.15, 0.2) is 17.5 Å². The van der Waals surface area contributed by atoms with Crippen LogP contribution in [0.2, 0.25) is 0 Å². The molecule has 7 heteroatoms. The zero-order valence-corrected chi connectivity index (χ0v) is 12.0. The summed E-state index contributed by atoms with van der Waals surface area (Å²) in [7, 11) is 1.26. The van der Waals surface area contributed by atoms with Gasteiger partial charge < -0.3 is 10.1 Å². The van der Waals surface area contributed by atoms with Crippen molar-refractivity contribution in [2.75, 3.05) is 7.11 Å². The minimum atomic E-state index is -1.69. The van der Waals surface area contributed by atoms with E-state index in [0.717, 1.165) is 6.07 Å². The van der Waals surface area contributed by atoms with Gasteiger partial charge >= 0.3 is 5.97 Å². The zero-order chi connectivity index (χ0) is 17.0. The largest absolute Gasteiger partial charge is 0.465 e. The van der Waals surface area contributed by atoms with Crippen LogP contribution in [0.25, 0.3) is 0 Å². The summed E-state index contributed by atoms with van der Waals surface area (Å²) >= 11 is 0. The number of hydrogen-bond donors (Lipinski definition) is 1. The van der Waals surface area contributed by atoms with Gasteiger partial charge in [0, 0.05) is 6.54 Å². The number of hydrogen-bond acceptors (Lipinski definition) is 3. The summed E-state index contributed by atoms with van der Waals surface area (Å²) in [5.74, 6) is -5.97. The molecule has 0 saturated heterocycles. The van der Waals surface area contributed by atoms with Crippen LogP contribution in [0.5, 0.6) is 0 Å². The molecule has 0 radical (unpaired) electrons. The number of nitrogens with one attached hydrogen (secondary N) is 1. The molecule has 0 aliphatic rings. The van der Waals surface area contributed by atoms with Crippen molar-refractivity contribution in [3.8, 4) is 0 Å². The van der Waals surface area contributed by atoms with Crippen molar-refractivity contribution in [3.05, 3.63) is 70.5 Å². The second kappa shape index (κ2) is 6.95. The number of esters is 1. The summed E-state index contributed by atoms with van der Waals surface area (Å²) in [6.07, 6.45) is 0. The normalized spacial score (nSPS) is 10.3. The quantitative estimate of drug-likeness (QED) is 0.695. The molecule has 0 saturated carbocycles. The smallest absolute Gasteiger partial charge is 0.337 e. The Morgan fingerprint density at radius 3 is 2.26 bits per heavy atom. The van der Waals surface area contributed by atoms with Crippen molar-refractivity contribution in [3.63, 3.8) is 0 Å². The molecule has 0 unspecified atom stereocenters. The summed E-state index contributed by atoms with van der Waals surface area (Å²) in [6.45, 7) is 0.0265. The van der Waals surface area contributed by atoms with Crippen molar-refractivity contribution in [1.82, 2.24) is 5.32 Å². The van der Waals surface area contributed by atoms with Crippen LogP contribution in [0.4, 0.5) is 13.2 Å². The average molecular weight is 323 g/mol. The standard InChI is InChI=1S/C16H12F3NO3/c1-23-16(22)10-4-2-9(3-5-10)8-20-15(21)11-6-7-12(17)14(19)13(11)18/h2-7H,8H2,1H3,(H,20,21). The summed E-state index contributed by atoms with van der Waals surface area (Å²) in [5.41, 5.74) is 0.387. The number of ether oxygens (including phenoxy) is 1. The number of carbonyl (C=O) groups excluding carboxylic acids is 2. The van der Waals surface area contributed by atoms with Crippen molar-refractivity contribution in [2.24, 2.45) is 0 Å². The third-order valence-electron chi connectivity index (χ3n) is 3.11. The Morgan fingerprint density at radius 2 is 1.65 bits per heavy atom. The summed E-state index contributed by atoms with van der Waals surface area (Å²) in [4.78, 5) is 23.1. The Kier molecular flexibility index (Phi) is 5.00. The Labute approximate surface area is 129 Å². The van der Waals surface area contributed by atoms with E-state index in [4.69, 9.17) is 0 Å². The fourth-order valence-electron chi connectivity index (χ4n) is 1.86. The van der Waals surface area contributed by atoms with Crippen LogP contribution in [0.3, 0.4) is 0 Å². The van der Waals surface area contributed by atoms with E-state index in [0.29, 0.717) is 17.2 Å². The van der Waals surface area contributed by atoms with Crippen LogP contribution in [0.15, 0.2) is 36.4 Å². The molecule has 0 aromatic heterocycles. The molecule has 0 aliphatic carbocycles. The minimum absolute atomic E-state index is 0.0265. The first-order valence-corrected chi connectivity index (χ1v) is 6.53. The molecule has 0 heterocycles. The van der Waals surface area contributed by atoms with Crippen LogP contribution < -0.4 is 5.32 Å². The molecular weight excluding hydrogens is 311 g/mol. The van der Waals surface area contributed by atoms with Gasteiger partial charge in [0.2, 0.25) is 0 Å². The highest BCUT2D eigenvalue weighted by atomic mass is 19.2. The van der Waals surface area contributed by atoms with Gasteiger partial charge in [-0.15, -0.1) is 0 Å². The summed E-state index contributed by atoms with van der Waals surface area (Å²) in [5, 5.41) is 2.38. The van der Waals surface area contributed by atoms with Gasteiger partial charge in [-0.1, -0.05) is 12.1 Å². The second-order valence-electron chi connectivity index (χ2n) is 4.59. The van der Waals surface area contributed by atoms with Crippen LogP contribution >= 0.6 is 0 Å². The summed E-state index contributed by atoms with van der Waals surface area (Å²) in [6, 6.07) is 7.71. The first-order chi connectivity index (χ1) is 10.9.